The summed E-state index contributed by atoms with van der Waals surface area (Å²) in [4.78, 5) is 19.2. The highest BCUT2D eigenvalue weighted by atomic mass is 16.4. The van der Waals surface area contributed by atoms with E-state index >= 15 is 0 Å². The van der Waals surface area contributed by atoms with E-state index in [2.05, 4.69) is 23.2 Å². The van der Waals surface area contributed by atoms with Crippen LogP contribution in [0.1, 0.15) is 28.2 Å². The molecule has 0 aliphatic carbocycles. The lowest BCUT2D eigenvalue weighted by atomic mass is 9.99. The largest absolute Gasteiger partial charge is 0.441 e. The molecule has 1 aliphatic heterocycles. The molecule has 0 N–H and O–H groups in total. The van der Waals surface area contributed by atoms with Crippen molar-refractivity contribution in [3.63, 3.8) is 0 Å². The molecule has 0 fully saturated rings. The van der Waals surface area contributed by atoms with Crippen LogP contribution in [0.3, 0.4) is 0 Å². The number of benzene rings is 2. The maximum absolute atomic E-state index is 12.9. The highest BCUT2D eigenvalue weighted by Crippen LogP contribution is 2.25. The van der Waals surface area contributed by atoms with Crippen molar-refractivity contribution in [2.75, 3.05) is 13.1 Å². The maximum atomic E-state index is 12.9. The normalized spacial score (nSPS) is 14.2. The second-order valence-corrected chi connectivity index (χ2v) is 6.39. The number of hydrogen-bond acceptors (Lipinski definition) is 3. The van der Waals surface area contributed by atoms with Gasteiger partial charge in [-0.1, -0.05) is 54.6 Å². The van der Waals surface area contributed by atoms with Crippen LogP contribution in [-0.2, 0) is 0 Å². The van der Waals surface area contributed by atoms with Crippen molar-refractivity contribution < 1.29 is 9.21 Å². The predicted molar refractivity (Wildman–Crippen MR) is 102 cm³/mol. The molecule has 26 heavy (non-hydrogen) atoms. The Morgan fingerprint density at radius 1 is 1.00 bits per heavy atom. The van der Waals surface area contributed by atoms with Crippen molar-refractivity contribution in [3.05, 3.63) is 83.8 Å². The van der Waals surface area contributed by atoms with Crippen LogP contribution >= 0.6 is 0 Å². The standard InChI is InChI=1S/C22H20N2O2/c1-16-20(23-21(26-16)19-10-6-3-7-11-19)22(25)24-14-12-18(13-15-24)17-8-4-2-5-9-17/h2-12H,13-15H2,1H3. The van der Waals surface area contributed by atoms with Gasteiger partial charge in [-0.2, -0.15) is 0 Å². The molecule has 130 valence electrons. The molecule has 0 saturated heterocycles. The average molecular weight is 344 g/mol. The lowest BCUT2D eigenvalue weighted by Crippen LogP contribution is -2.35. The van der Waals surface area contributed by atoms with Crippen LogP contribution in [0.2, 0.25) is 0 Å². The first-order valence-electron chi connectivity index (χ1n) is 8.79. The van der Waals surface area contributed by atoms with Crippen LogP contribution in [0.4, 0.5) is 0 Å². The molecule has 1 aromatic heterocycles. The molecule has 2 aromatic carbocycles. The van der Waals surface area contributed by atoms with Crippen LogP contribution < -0.4 is 0 Å². The van der Waals surface area contributed by atoms with Crippen LogP contribution in [-0.4, -0.2) is 28.9 Å². The van der Waals surface area contributed by atoms with Crippen molar-refractivity contribution >= 4 is 11.5 Å². The zero-order valence-electron chi connectivity index (χ0n) is 14.7. The Morgan fingerprint density at radius 2 is 1.65 bits per heavy atom. The van der Waals surface area contributed by atoms with Gasteiger partial charge in [-0.3, -0.25) is 4.79 Å². The molecule has 4 rings (SSSR count). The van der Waals surface area contributed by atoms with Gasteiger partial charge in [-0.15, -0.1) is 0 Å². The Kier molecular flexibility index (Phi) is 4.40. The van der Waals surface area contributed by atoms with Gasteiger partial charge in [0, 0.05) is 18.7 Å². The summed E-state index contributed by atoms with van der Waals surface area (Å²) in [5.74, 6) is 0.979. The summed E-state index contributed by atoms with van der Waals surface area (Å²) in [6, 6.07) is 20.0. The molecule has 4 nitrogen and oxygen atoms in total. The van der Waals surface area contributed by atoms with Crippen LogP contribution in [0, 0.1) is 6.92 Å². The number of hydrogen-bond donors (Lipinski definition) is 0. The quantitative estimate of drug-likeness (QED) is 0.699. The molecular weight excluding hydrogens is 324 g/mol. The Morgan fingerprint density at radius 3 is 2.27 bits per heavy atom. The van der Waals surface area contributed by atoms with Crippen molar-refractivity contribution in [3.8, 4) is 11.5 Å². The number of nitrogens with zero attached hydrogens (tertiary/aromatic N) is 2. The van der Waals surface area contributed by atoms with Gasteiger partial charge in [0.1, 0.15) is 5.76 Å². The van der Waals surface area contributed by atoms with E-state index in [1.54, 1.807) is 6.92 Å². The smallest absolute Gasteiger partial charge is 0.276 e. The predicted octanol–water partition coefficient (Wildman–Crippen LogP) is 4.58. The fraction of sp³-hybridized carbons (Fsp3) is 0.182. The minimum atomic E-state index is -0.0724. The second kappa shape index (κ2) is 7.00. The second-order valence-electron chi connectivity index (χ2n) is 6.39. The van der Waals surface area contributed by atoms with Crippen molar-refractivity contribution in [2.24, 2.45) is 0 Å². The molecular formula is C22H20N2O2. The fourth-order valence-corrected chi connectivity index (χ4v) is 3.22. The zero-order chi connectivity index (χ0) is 17.9. The van der Waals surface area contributed by atoms with E-state index in [4.69, 9.17) is 4.42 Å². The van der Waals surface area contributed by atoms with Gasteiger partial charge in [0.15, 0.2) is 5.69 Å². The topological polar surface area (TPSA) is 46.3 Å². The van der Waals surface area contributed by atoms with E-state index in [0.29, 0.717) is 30.4 Å². The minimum absolute atomic E-state index is 0.0724. The summed E-state index contributed by atoms with van der Waals surface area (Å²) < 4.78 is 5.73. The van der Waals surface area contributed by atoms with Crippen LogP contribution in [0.15, 0.2) is 71.2 Å². The number of aromatic nitrogens is 1. The molecule has 1 aliphatic rings. The van der Waals surface area contributed by atoms with Crippen LogP contribution in [0.5, 0.6) is 0 Å². The fourth-order valence-electron chi connectivity index (χ4n) is 3.22. The van der Waals surface area contributed by atoms with Crippen LogP contribution in [0.25, 0.3) is 17.0 Å². The van der Waals surface area contributed by atoms with Gasteiger partial charge in [0.2, 0.25) is 5.89 Å². The first-order valence-corrected chi connectivity index (χ1v) is 8.79. The molecule has 2 heterocycles. The van der Waals surface area contributed by atoms with Gasteiger partial charge in [0.05, 0.1) is 0 Å². The summed E-state index contributed by atoms with van der Waals surface area (Å²) in [6.45, 7) is 3.07. The molecule has 0 atom stereocenters. The summed E-state index contributed by atoms with van der Waals surface area (Å²) in [7, 11) is 0. The van der Waals surface area contributed by atoms with Crippen molar-refractivity contribution in [1.29, 1.82) is 0 Å². The summed E-state index contributed by atoms with van der Waals surface area (Å²) in [6.07, 6.45) is 2.97. The Hall–Kier alpha value is -3.14. The number of carbonyl (C=O) groups is 1. The molecule has 0 unspecified atom stereocenters. The molecule has 0 saturated carbocycles. The summed E-state index contributed by atoms with van der Waals surface area (Å²) in [5, 5.41) is 0. The number of carbonyl (C=O) groups excluding carboxylic acids is 1. The monoisotopic (exact) mass is 344 g/mol. The van der Waals surface area contributed by atoms with E-state index in [1.165, 1.54) is 11.1 Å². The molecule has 4 heteroatoms. The van der Waals surface area contributed by atoms with E-state index < -0.39 is 0 Å². The molecule has 3 aromatic rings. The average Bonchev–Trinajstić information content (AvgIpc) is 3.10. The highest BCUT2D eigenvalue weighted by molar-refractivity contribution is 5.94. The van der Waals surface area contributed by atoms with Crippen molar-refractivity contribution in [1.82, 2.24) is 9.88 Å². The van der Waals surface area contributed by atoms with E-state index in [1.807, 2.05) is 53.4 Å². The third-order valence-corrected chi connectivity index (χ3v) is 4.66. The maximum Gasteiger partial charge on any atom is 0.276 e. The molecule has 0 radical (unpaired) electrons. The summed E-state index contributed by atoms with van der Waals surface area (Å²) >= 11 is 0. The molecule has 0 bridgehead atoms. The SMILES string of the molecule is Cc1oc(-c2ccccc2)nc1C(=O)N1CC=C(c2ccccc2)CC1. The van der Waals surface area contributed by atoms with E-state index in [0.717, 1.165) is 12.0 Å². The van der Waals surface area contributed by atoms with Gasteiger partial charge in [-0.25, -0.2) is 4.98 Å². The van der Waals surface area contributed by atoms with Gasteiger partial charge >= 0.3 is 0 Å². The van der Waals surface area contributed by atoms with Crippen molar-refractivity contribution in [2.45, 2.75) is 13.3 Å². The Balaban J connectivity index is 1.52. The number of rotatable bonds is 3. The van der Waals surface area contributed by atoms with E-state index in [9.17, 15) is 4.79 Å². The van der Waals surface area contributed by atoms with Gasteiger partial charge in [0.25, 0.3) is 5.91 Å². The molecule has 0 spiro atoms. The molecule has 1 amide bonds. The Labute approximate surface area is 152 Å². The minimum Gasteiger partial charge on any atom is -0.441 e. The highest BCUT2D eigenvalue weighted by Gasteiger charge is 2.25. The third kappa shape index (κ3) is 3.18. The van der Waals surface area contributed by atoms with E-state index in [-0.39, 0.29) is 5.91 Å². The first-order chi connectivity index (χ1) is 12.7. The summed E-state index contributed by atoms with van der Waals surface area (Å²) in [5.41, 5.74) is 3.79. The van der Waals surface area contributed by atoms with Gasteiger partial charge < -0.3 is 9.32 Å². The third-order valence-electron chi connectivity index (χ3n) is 4.66. The number of oxazole rings is 1. The number of amides is 1. The first kappa shape index (κ1) is 16.3. The number of aryl methyl sites for hydroxylation is 1. The lowest BCUT2D eigenvalue weighted by Gasteiger charge is -2.26. The van der Waals surface area contributed by atoms with Gasteiger partial charge in [-0.05, 0) is 36.6 Å². The Bertz CT molecular complexity index is 943. The lowest BCUT2D eigenvalue weighted by molar-refractivity contribution is 0.0766. The zero-order valence-corrected chi connectivity index (χ0v) is 14.7.